The lowest BCUT2D eigenvalue weighted by molar-refractivity contribution is -0.131. The van der Waals surface area contributed by atoms with E-state index in [1.807, 2.05) is 13.0 Å². The number of rotatable bonds is 6. The summed E-state index contributed by atoms with van der Waals surface area (Å²) in [6.45, 7) is 25.8. The third kappa shape index (κ3) is 3.66. The molecule has 0 amide bonds. The molecule has 2 atom stereocenters. The number of hydrogen-bond donors (Lipinski definition) is 0. The van der Waals surface area contributed by atoms with Crippen LogP contribution in [0, 0.1) is 0 Å². The third-order valence-corrected chi connectivity index (χ3v) is 71.5. The molecule has 0 bridgehead atoms. The Morgan fingerprint density at radius 3 is 2.00 bits per heavy atom. The summed E-state index contributed by atoms with van der Waals surface area (Å²) in [7, 11) is -7.57. The van der Waals surface area contributed by atoms with E-state index in [-0.39, 0.29) is 11.2 Å². The van der Waals surface area contributed by atoms with Crippen LogP contribution in [0.1, 0.15) is 53.4 Å². The van der Waals surface area contributed by atoms with Crippen LogP contribution in [0.3, 0.4) is 0 Å². The van der Waals surface area contributed by atoms with Gasteiger partial charge in [0.25, 0.3) is 7.83 Å². The molecule has 152 valence electrons. The fourth-order valence-electron chi connectivity index (χ4n) is 4.51. The van der Waals surface area contributed by atoms with Gasteiger partial charge >= 0.3 is 5.97 Å². The fraction of sp³-hybridized carbons (Fsp3) is 0.842. The van der Waals surface area contributed by atoms with Crippen molar-refractivity contribution in [2.75, 3.05) is 0 Å². The second-order valence-electron chi connectivity index (χ2n) is 9.94. The lowest BCUT2D eigenvalue weighted by atomic mass is 10.2. The number of unbranched alkanes of at least 4 members (excludes halogenated alkanes) is 1. The van der Waals surface area contributed by atoms with Crippen molar-refractivity contribution < 1.29 is 13.6 Å². The molecule has 0 saturated carbocycles. The Morgan fingerprint density at radius 1 is 1.00 bits per heavy atom. The van der Waals surface area contributed by atoms with Crippen molar-refractivity contribution in [2.24, 2.45) is 0 Å². The molecule has 1 aliphatic heterocycles. The Kier molecular flexibility index (Phi) is 7.23. The van der Waals surface area contributed by atoms with Gasteiger partial charge in [-0.3, -0.25) is 0 Å². The summed E-state index contributed by atoms with van der Waals surface area (Å²) in [4.78, 5) is 13.0. The molecule has 0 aromatic heterocycles. The topological polar surface area (TPSA) is 35.5 Å². The summed E-state index contributed by atoms with van der Waals surface area (Å²) < 4.78 is 13.6. The zero-order valence-electron chi connectivity index (χ0n) is 19.1. The standard InChI is InChI=1S/C19H42O3Si4/c1-12-14-15-17(3)18(20)21-26(11)19(4,16-13-2)22-23(5,6)24(7,8)25(26,9)10/h15H,12-14,16H2,1-11H3. The van der Waals surface area contributed by atoms with E-state index < -0.39 is 29.9 Å². The minimum Gasteiger partial charge on any atom is -0.516 e. The average Bonchev–Trinajstić information content (AvgIpc) is 2.50. The molecule has 0 aromatic carbocycles. The van der Waals surface area contributed by atoms with Gasteiger partial charge in [0.05, 0.1) is 19.4 Å². The van der Waals surface area contributed by atoms with Crippen LogP contribution in [0.2, 0.25) is 45.8 Å². The summed E-state index contributed by atoms with van der Waals surface area (Å²) in [6.07, 6.45) is 6.09. The summed E-state index contributed by atoms with van der Waals surface area (Å²) >= 11 is 0. The molecule has 1 aliphatic rings. The molecular weight excluding hydrogens is 389 g/mol. The Balaban J connectivity index is 3.47. The van der Waals surface area contributed by atoms with Crippen molar-refractivity contribution in [1.29, 1.82) is 0 Å². The van der Waals surface area contributed by atoms with Gasteiger partial charge in [-0.1, -0.05) is 59.0 Å². The third-order valence-electron chi connectivity index (χ3n) is 7.83. The Labute approximate surface area is 165 Å². The van der Waals surface area contributed by atoms with Crippen molar-refractivity contribution in [2.45, 2.75) is 104 Å². The maximum Gasteiger partial charge on any atom is 0.319 e. The number of hydrogen-bond acceptors (Lipinski definition) is 3. The molecule has 2 unspecified atom stereocenters. The van der Waals surface area contributed by atoms with Gasteiger partial charge in [0, 0.05) is 5.57 Å². The van der Waals surface area contributed by atoms with Crippen molar-refractivity contribution in [1.82, 2.24) is 0 Å². The minimum absolute atomic E-state index is 0.0923. The van der Waals surface area contributed by atoms with Crippen molar-refractivity contribution in [3.05, 3.63) is 11.6 Å². The molecule has 0 spiro atoms. The van der Waals surface area contributed by atoms with Gasteiger partial charge in [0.15, 0.2) is 7.83 Å². The second kappa shape index (κ2) is 7.81. The van der Waals surface area contributed by atoms with Crippen LogP contribution in [-0.4, -0.2) is 41.1 Å². The van der Waals surface area contributed by atoms with Crippen LogP contribution in [0.5, 0.6) is 0 Å². The fourth-order valence-corrected chi connectivity index (χ4v) is 71.1. The van der Waals surface area contributed by atoms with Gasteiger partial charge in [0.1, 0.15) is 0 Å². The van der Waals surface area contributed by atoms with Gasteiger partial charge in [-0.15, -0.1) is 0 Å². The van der Waals surface area contributed by atoms with E-state index in [0.717, 1.165) is 31.3 Å². The zero-order chi connectivity index (χ0) is 20.6. The number of carbonyl (C=O) groups excluding carboxylic acids is 1. The van der Waals surface area contributed by atoms with E-state index in [0.29, 0.717) is 0 Å². The lowest BCUT2D eigenvalue weighted by Gasteiger charge is -2.65. The van der Waals surface area contributed by atoms with Gasteiger partial charge < -0.3 is 8.85 Å². The molecule has 7 heteroatoms. The maximum absolute atomic E-state index is 13.0. The lowest BCUT2D eigenvalue weighted by Crippen LogP contribution is -2.92. The molecule has 1 saturated heterocycles. The predicted molar refractivity (Wildman–Crippen MR) is 123 cm³/mol. The molecule has 26 heavy (non-hydrogen) atoms. The first-order valence-corrected chi connectivity index (χ1v) is 24.6. The zero-order valence-corrected chi connectivity index (χ0v) is 23.1. The normalized spacial score (nSPS) is 33.0. The van der Waals surface area contributed by atoms with E-state index in [2.05, 4.69) is 66.6 Å². The minimum atomic E-state index is -2.41. The maximum atomic E-state index is 13.0. The molecule has 0 aromatic rings. The predicted octanol–water partition coefficient (Wildman–Crippen LogP) is 5.84. The van der Waals surface area contributed by atoms with E-state index in [1.165, 1.54) is 0 Å². The molecule has 1 fully saturated rings. The quantitative estimate of drug-likeness (QED) is 0.392. The number of carbonyl (C=O) groups is 1. The molecule has 3 nitrogen and oxygen atoms in total. The molecule has 0 N–H and O–H groups in total. The van der Waals surface area contributed by atoms with Gasteiger partial charge in [-0.25, -0.2) is 4.79 Å². The highest BCUT2D eigenvalue weighted by Crippen LogP contribution is 2.50. The van der Waals surface area contributed by atoms with Crippen LogP contribution < -0.4 is 0 Å². The molecular formula is C19H42O3Si4. The molecule has 1 heterocycles. The first-order chi connectivity index (χ1) is 11.6. The van der Waals surface area contributed by atoms with Gasteiger partial charge in [-0.2, -0.15) is 0 Å². The Morgan fingerprint density at radius 2 is 1.54 bits per heavy atom. The highest BCUT2D eigenvalue weighted by molar-refractivity contribution is 7.83. The van der Waals surface area contributed by atoms with Crippen LogP contribution in [0.4, 0.5) is 0 Å². The van der Waals surface area contributed by atoms with Crippen LogP contribution >= 0.6 is 0 Å². The highest BCUT2D eigenvalue weighted by atomic mass is 29.8. The monoisotopic (exact) mass is 430 g/mol. The second-order valence-corrected chi connectivity index (χ2v) is 47.5. The smallest absolute Gasteiger partial charge is 0.319 e. The summed E-state index contributed by atoms with van der Waals surface area (Å²) in [5.74, 6) is -0.0923. The first kappa shape index (κ1) is 24.1. The largest absolute Gasteiger partial charge is 0.516 e. The average molecular weight is 431 g/mol. The molecule has 0 aliphatic carbocycles. The Hall–Kier alpha value is 0.0375. The Bertz CT molecular complexity index is 571. The van der Waals surface area contributed by atoms with Crippen molar-refractivity contribution in [3.8, 4) is 0 Å². The van der Waals surface area contributed by atoms with E-state index >= 15 is 0 Å². The summed E-state index contributed by atoms with van der Waals surface area (Å²) in [6, 6.07) is 0. The van der Waals surface area contributed by atoms with E-state index in [1.54, 1.807) is 0 Å². The molecule has 0 radical (unpaired) electrons. The van der Waals surface area contributed by atoms with E-state index in [9.17, 15) is 4.79 Å². The van der Waals surface area contributed by atoms with E-state index in [4.69, 9.17) is 8.85 Å². The highest BCUT2D eigenvalue weighted by Gasteiger charge is 2.75. The van der Waals surface area contributed by atoms with Crippen LogP contribution in [-0.2, 0) is 13.6 Å². The van der Waals surface area contributed by atoms with Crippen LogP contribution in [0.25, 0.3) is 0 Å². The number of allylic oxidation sites excluding steroid dienone is 1. The van der Waals surface area contributed by atoms with Gasteiger partial charge in [0.2, 0.25) is 0 Å². The first-order valence-electron chi connectivity index (χ1n) is 10.2. The van der Waals surface area contributed by atoms with Crippen LogP contribution in [0.15, 0.2) is 11.6 Å². The van der Waals surface area contributed by atoms with Gasteiger partial charge in [-0.05, 0) is 46.3 Å². The SMILES string of the molecule is CCCC=C(C)C(=O)O[Si]1(C)C(C)(CCC)O[Si](C)(C)[Si](C)(C)[Si]1(C)C. The molecule has 1 rings (SSSR count). The summed E-state index contributed by atoms with van der Waals surface area (Å²) in [5.41, 5.74) is 0.769. The summed E-state index contributed by atoms with van der Waals surface area (Å²) in [5, 5.41) is -0.254. The van der Waals surface area contributed by atoms with Crippen molar-refractivity contribution >= 4 is 35.9 Å². The van der Waals surface area contributed by atoms with Crippen molar-refractivity contribution in [3.63, 3.8) is 0 Å².